The van der Waals surface area contributed by atoms with E-state index in [2.05, 4.69) is 0 Å². The van der Waals surface area contributed by atoms with Crippen LogP contribution in [0.15, 0.2) is 0 Å². The van der Waals surface area contributed by atoms with Crippen LogP contribution in [-0.2, 0) is 4.74 Å². The molecule has 0 spiro atoms. The van der Waals surface area contributed by atoms with Gasteiger partial charge in [-0.1, -0.05) is 0 Å². The number of ether oxygens (including phenoxy) is 1. The van der Waals surface area contributed by atoms with Crippen molar-refractivity contribution in [1.82, 2.24) is 4.90 Å². The third kappa shape index (κ3) is 2.35. The first-order chi connectivity index (χ1) is 5.74. The van der Waals surface area contributed by atoms with E-state index in [4.69, 9.17) is 14.9 Å². The molecule has 0 aromatic heterocycles. The molecule has 0 aromatic rings. The molecule has 0 radical (unpaired) electrons. The minimum absolute atomic E-state index is 0.121. The summed E-state index contributed by atoms with van der Waals surface area (Å²) in [5.74, 6) is 0. The molecule has 70 valence electrons. The molecule has 5 heteroatoms. The lowest BCUT2D eigenvalue weighted by Gasteiger charge is -2.19. The fourth-order valence-electron chi connectivity index (χ4n) is 1.18. The number of nitrogens with zero attached hydrogens (tertiary/aromatic N) is 1. The van der Waals surface area contributed by atoms with Crippen LogP contribution in [0.4, 0.5) is 4.79 Å². The molecule has 5 nitrogen and oxygen atoms in total. The molecule has 1 rings (SSSR count). The third-order valence-electron chi connectivity index (χ3n) is 1.82. The van der Waals surface area contributed by atoms with Crippen LogP contribution in [0.3, 0.4) is 0 Å². The minimum atomic E-state index is -0.945. The van der Waals surface area contributed by atoms with Crippen molar-refractivity contribution in [2.45, 2.75) is 12.5 Å². The van der Waals surface area contributed by atoms with Crippen LogP contribution in [0.5, 0.6) is 0 Å². The van der Waals surface area contributed by atoms with Crippen molar-refractivity contribution in [3.63, 3.8) is 0 Å². The van der Waals surface area contributed by atoms with Crippen molar-refractivity contribution in [2.24, 2.45) is 0 Å². The van der Waals surface area contributed by atoms with E-state index < -0.39 is 6.09 Å². The van der Waals surface area contributed by atoms with Crippen LogP contribution in [0.1, 0.15) is 6.42 Å². The fourth-order valence-corrected chi connectivity index (χ4v) is 1.18. The maximum Gasteiger partial charge on any atom is 0.407 e. The molecule has 1 aliphatic rings. The molecule has 1 atom stereocenters. The lowest BCUT2D eigenvalue weighted by Crippen LogP contribution is -2.37. The Morgan fingerprint density at radius 2 is 2.42 bits per heavy atom. The lowest BCUT2D eigenvalue weighted by atomic mass is 10.3. The molecule has 0 saturated carbocycles. The molecule has 0 aliphatic carbocycles. The first kappa shape index (κ1) is 9.28. The molecule has 1 unspecified atom stereocenters. The van der Waals surface area contributed by atoms with Crippen molar-refractivity contribution in [3.8, 4) is 0 Å². The van der Waals surface area contributed by atoms with Crippen LogP contribution in [-0.4, -0.2) is 53.6 Å². The highest BCUT2D eigenvalue weighted by molar-refractivity contribution is 5.64. The van der Waals surface area contributed by atoms with Crippen molar-refractivity contribution in [1.29, 1.82) is 0 Å². The highest BCUT2D eigenvalue weighted by Gasteiger charge is 2.20. The smallest absolute Gasteiger partial charge is 0.407 e. The fraction of sp³-hybridized carbons (Fsp3) is 0.857. The number of amides is 1. The van der Waals surface area contributed by atoms with E-state index in [0.717, 1.165) is 0 Å². The van der Waals surface area contributed by atoms with Crippen LogP contribution in [0, 0.1) is 0 Å². The molecule has 0 bridgehead atoms. The quantitative estimate of drug-likeness (QED) is 0.576. The standard InChI is InChI=1S/C7H13NO4/c9-5-6-4-8(7(10)11)2-1-3-12-6/h6,9H,1-5H2,(H,10,11). The first-order valence-corrected chi connectivity index (χ1v) is 3.94. The summed E-state index contributed by atoms with van der Waals surface area (Å²) in [5.41, 5.74) is 0. The Hall–Kier alpha value is -0.810. The summed E-state index contributed by atoms with van der Waals surface area (Å²) in [6.45, 7) is 1.16. The summed E-state index contributed by atoms with van der Waals surface area (Å²) in [6.07, 6.45) is -0.606. The van der Waals surface area contributed by atoms with Crippen LogP contribution < -0.4 is 0 Å². The Morgan fingerprint density at radius 3 is 3.00 bits per heavy atom. The monoisotopic (exact) mass is 175 g/mol. The second kappa shape index (κ2) is 4.27. The summed E-state index contributed by atoms with van der Waals surface area (Å²) in [6, 6.07) is 0. The van der Waals surface area contributed by atoms with Gasteiger partial charge in [0.1, 0.15) is 0 Å². The summed E-state index contributed by atoms with van der Waals surface area (Å²) >= 11 is 0. The number of rotatable bonds is 1. The molecular formula is C7H13NO4. The Bertz CT molecular complexity index is 161. The number of aliphatic hydroxyl groups excluding tert-OH is 1. The van der Waals surface area contributed by atoms with Gasteiger partial charge in [0.25, 0.3) is 0 Å². The number of carbonyl (C=O) groups is 1. The number of hydrogen-bond donors (Lipinski definition) is 2. The van der Waals surface area contributed by atoms with E-state index in [1.165, 1.54) is 4.90 Å². The van der Waals surface area contributed by atoms with Crippen LogP contribution in [0.25, 0.3) is 0 Å². The second-order valence-corrected chi connectivity index (χ2v) is 2.76. The number of aliphatic hydroxyl groups is 1. The van der Waals surface area contributed by atoms with E-state index >= 15 is 0 Å². The van der Waals surface area contributed by atoms with Gasteiger partial charge in [-0.15, -0.1) is 0 Å². The van der Waals surface area contributed by atoms with Gasteiger partial charge in [0.15, 0.2) is 0 Å². The van der Waals surface area contributed by atoms with Gasteiger partial charge in [-0.3, -0.25) is 0 Å². The summed E-state index contributed by atoms with van der Waals surface area (Å²) < 4.78 is 5.18. The maximum absolute atomic E-state index is 10.6. The van der Waals surface area contributed by atoms with Crippen LogP contribution >= 0.6 is 0 Å². The molecular weight excluding hydrogens is 162 g/mol. The van der Waals surface area contributed by atoms with Gasteiger partial charge in [-0.25, -0.2) is 4.79 Å². The largest absolute Gasteiger partial charge is 0.465 e. The predicted octanol–water partition coefficient (Wildman–Crippen LogP) is -0.252. The molecule has 1 amide bonds. The summed E-state index contributed by atoms with van der Waals surface area (Å²) in [4.78, 5) is 11.8. The molecule has 2 N–H and O–H groups in total. The molecule has 1 fully saturated rings. The van der Waals surface area contributed by atoms with Gasteiger partial charge in [-0.05, 0) is 6.42 Å². The number of hydrogen-bond acceptors (Lipinski definition) is 3. The van der Waals surface area contributed by atoms with Gasteiger partial charge in [0, 0.05) is 13.2 Å². The van der Waals surface area contributed by atoms with E-state index in [1.807, 2.05) is 0 Å². The molecule has 1 aliphatic heterocycles. The molecule has 12 heavy (non-hydrogen) atoms. The SMILES string of the molecule is O=C(O)N1CCCOC(CO)C1. The topological polar surface area (TPSA) is 70.0 Å². The molecule has 1 saturated heterocycles. The van der Waals surface area contributed by atoms with Crippen LogP contribution in [0.2, 0.25) is 0 Å². The van der Waals surface area contributed by atoms with Gasteiger partial charge in [0.05, 0.1) is 19.3 Å². The van der Waals surface area contributed by atoms with Crippen molar-refractivity contribution >= 4 is 6.09 Å². The van der Waals surface area contributed by atoms with Crippen molar-refractivity contribution in [3.05, 3.63) is 0 Å². The summed E-state index contributed by atoms with van der Waals surface area (Å²) in [7, 11) is 0. The van der Waals surface area contributed by atoms with E-state index in [-0.39, 0.29) is 19.3 Å². The maximum atomic E-state index is 10.6. The van der Waals surface area contributed by atoms with Crippen molar-refractivity contribution in [2.75, 3.05) is 26.3 Å². The Labute approximate surface area is 70.5 Å². The molecule has 1 heterocycles. The first-order valence-electron chi connectivity index (χ1n) is 3.94. The van der Waals surface area contributed by atoms with E-state index in [0.29, 0.717) is 19.6 Å². The molecule has 0 aromatic carbocycles. The average molecular weight is 175 g/mol. The van der Waals surface area contributed by atoms with Gasteiger partial charge >= 0.3 is 6.09 Å². The van der Waals surface area contributed by atoms with E-state index in [9.17, 15) is 4.79 Å². The zero-order valence-corrected chi connectivity index (χ0v) is 6.77. The summed E-state index contributed by atoms with van der Waals surface area (Å²) in [5, 5.41) is 17.4. The number of carboxylic acid groups (broad SMARTS) is 1. The average Bonchev–Trinajstić information content (AvgIpc) is 2.28. The zero-order chi connectivity index (χ0) is 8.97. The Balaban J connectivity index is 2.47. The minimum Gasteiger partial charge on any atom is -0.465 e. The van der Waals surface area contributed by atoms with Gasteiger partial charge in [-0.2, -0.15) is 0 Å². The van der Waals surface area contributed by atoms with E-state index in [1.54, 1.807) is 0 Å². The Morgan fingerprint density at radius 1 is 1.67 bits per heavy atom. The highest BCUT2D eigenvalue weighted by atomic mass is 16.5. The third-order valence-corrected chi connectivity index (χ3v) is 1.82. The normalized spacial score (nSPS) is 25.1. The lowest BCUT2D eigenvalue weighted by molar-refractivity contribution is 0.0147. The Kier molecular flexibility index (Phi) is 3.31. The highest BCUT2D eigenvalue weighted by Crippen LogP contribution is 2.05. The van der Waals surface area contributed by atoms with Gasteiger partial charge in [0.2, 0.25) is 0 Å². The predicted molar refractivity (Wildman–Crippen MR) is 41.0 cm³/mol. The van der Waals surface area contributed by atoms with Crippen molar-refractivity contribution < 1.29 is 19.7 Å². The van der Waals surface area contributed by atoms with Gasteiger partial charge < -0.3 is 19.8 Å². The second-order valence-electron chi connectivity index (χ2n) is 2.76. The zero-order valence-electron chi connectivity index (χ0n) is 6.77.